The average molecular weight is 285 g/mol. The summed E-state index contributed by atoms with van der Waals surface area (Å²) in [5.41, 5.74) is 1.31. The van der Waals surface area contributed by atoms with Crippen molar-refractivity contribution in [3.63, 3.8) is 0 Å². The van der Waals surface area contributed by atoms with Crippen LogP contribution < -0.4 is 0 Å². The van der Waals surface area contributed by atoms with Gasteiger partial charge in [0.15, 0.2) is 5.69 Å². The molecular formula is C14H11N3O2S. The molecule has 0 saturated heterocycles. The third-order valence-electron chi connectivity index (χ3n) is 2.87. The van der Waals surface area contributed by atoms with Gasteiger partial charge in [-0.15, -0.1) is 16.4 Å². The molecule has 2 aromatic heterocycles. The molecule has 1 N–H and O–H groups in total. The molecule has 0 amide bonds. The summed E-state index contributed by atoms with van der Waals surface area (Å²) in [4.78, 5) is 12.4. The Morgan fingerprint density at radius 1 is 1.20 bits per heavy atom. The van der Waals surface area contributed by atoms with Crippen LogP contribution in [-0.4, -0.2) is 26.1 Å². The van der Waals surface area contributed by atoms with Gasteiger partial charge in [0.05, 0.1) is 6.54 Å². The third-order valence-corrected chi connectivity index (χ3v) is 3.73. The highest BCUT2D eigenvalue weighted by molar-refractivity contribution is 7.09. The van der Waals surface area contributed by atoms with Crippen LogP contribution in [0, 0.1) is 0 Å². The van der Waals surface area contributed by atoms with Crippen LogP contribution in [0.2, 0.25) is 0 Å². The van der Waals surface area contributed by atoms with Gasteiger partial charge in [-0.3, -0.25) is 0 Å². The lowest BCUT2D eigenvalue weighted by Crippen LogP contribution is -2.05. The summed E-state index contributed by atoms with van der Waals surface area (Å²) in [5, 5.41) is 19.0. The highest BCUT2D eigenvalue weighted by Crippen LogP contribution is 2.23. The van der Waals surface area contributed by atoms with E-state index in [1.54, 1.807) is 16.0 Å². The zero-order valence-corrected chi connectivity index (χ0v) is 11.2. The first-order valence-electron chi connectivity index (χ1n) is 6.00. The lowest BCUT2D eigenvalue weighted by molar-refractivity contribution is 0.0691. The van der Waals surface area contributed by atoms with Crippen LogP contribution in [0.5, 0.6) is 0 Å². The molecule has 3 aromatic rings. The molecule has 100 valence electrons. The zero-order valence-electron chi connectivity index (χ0n) is 10.4. The van der Waals surface area contributed by atoms with Crippen molar-refractivity contribution in [1.82, 2.24) is 15.0 Å². The fraction of sp³-hybridized carbons (Fsp3) is 0.0714. The van der Waals surface area contributed by atoms with Gasteiger partial charge in [0.25, 0.3) is 0 Å². The molecule has 0 unspecified atom stereocenters. The highest BCUT2D eigenvalue weighted by atomic mass is 32.1. The average Bonchev–Trinajstić information content (AvgIpc) is 3.09. The fourth-order valence-electron chi connectivity index (χ4n) is 2.00. The first kappa shape index (κ1) is 12.6. The van der Waals surface area contributed by atoms with Crippen molar-refractivity contribution >= 4 is 17.3 Å². The van der Waals surface area contributed by atoms with Gasteiger partial charge in [0.1, 0.15) is 5.69 Å². The second kappa shape index (κ2) is 5.26. The summed E-state index contributed by atoms with van der Waals surface area (Å²) in [5.74, 6) is -1.07. The van der Waals surface area contributed by atoms with Crippen molar-refractivity contribution in [3.8, 4) is 11.3 Å². The molecule has 0 fully saturated rings. The molecule has 1 aromatic carbocycles. The molecule has 0 spiro atoms. The molecule has 0 saturated carbocycles. The maximum absolute atomic E-state index is 11.3. The molecular weight excluding hydrogens is 274 g/mol. The van der Waals surface area contributed by atoms with Gasteiger partial charge in [-0.05, 0) is 11.4 Å². The van der Waals surface area contributed by atoms with E-state index in [2.05, 4.69) is 10.3 Å². The Morgan fingerprint density at radius 2 is 2.00 bits per heavy atom. The Labute approximate surface area is 119 Å². The first-order valence-corrected chi connectivity index (χ1v) is 6.88. The third kappa shape index (κ3) is 2.33. The number of thiophene rings is 1. The molecule has 0 aliphatic carbocycles. The van der Waals surface area contributed by atoms with Gasteiger partial charge in [-0.1, -0.05) is 41.6 Å². The van der Waals surface area contributed by atoms with Crippen LogP contribution in [0.25, 0.3) is 11.3 Å². The van der Waals surface area contributed by atoms with Crippen LogP contribution in [0.15, 0.2) is 47.8 Å². The van der Waals surface area contributed by atoms with Crippen molar-refractivity contribution < 1.29 is 9.90 Å². The van der Waals surface area contributed by atoms with Crippen LogP contribution >= 0.6 is 11.3 Å². The predicted molar refractivity (Wildman–Crippen MR) is 75.8 cm³/mol. The highest BCUT2D eigenvalue weighted by Gasteiger charge is 2.20. The number of hydrogen-bond donors (Lipinski definition) is 1. The van der Waals surface area contributed by atoms with Gasteiger partial charge in [0, 0.05) is 10.4 Å². The van der Waals surface area contributed by atoms with E-state index in [1.165, 1.54) is 0 Å². The van der Waals surface area contributed by atoms with Crippen LogP contribution in [-0.2, 0) is 6.54 Å². The smallest absolute Gasteiger partial charge is 0.358 e. The molecule has 0 aliphatic rings. The monoisotopic (exact) mass is 285 g/mol. The molecule has 5 nitrogen and oxygen atoms in total. The number of carboxylic acid groups (broad SMARTS) is 1. The van der Waals surface area contributed by atoms with Crippen LogP contribution in [0.3, 0.4) is 0 Å². The Balaban J connectivity index is 2.09. The Kier molecular flexibility index (Phi) is 3.30. The van der Waals surface area contributed by atoms with E-state index >= 15 is 0 Å². The van der Waals surface area contributed by atoms with Crippen LogP contribution in [0.4, 0.5) is 0 Å². The fourth-order valence-corrected chi connectivity index (χ4v) is 2.69. The quantitative estimate of drug-likeness (QED) is 0.800. The van der Waals surface area contributed by atoms with E-state index in [4.69, 9.17) is 0 Å². The van der Waals surface area contributed by atoms with Crippen molar-refractivity contribution in [2.75, 3.05) is 0 Å². The predicted octanol–water partition coefficient (Wildman–Crippen LogP) is 2.75. The molecule has 3 rings (SSSR count). The lowest BCUT2D eigenvalue weighted by Gasteiger charge is -2.06. The zero-order chi connectivity index (χ0) is 13.9. The number of benzene rings is 1. The Bertz CT molecular complexity index is 720. The Hall–Kier alpha value is -2.47. The van der Waals surface area contributed by atoms with E-state index in [1.807, 2.05) is 47.8 Å². The summed E-state index contributed by atoms with van der Waals surface area (Å²) in [6.45, 7) is 0.516. The number of hydrogen-bond acceptors (Lipinski definition) is 4. The maximum Gasteiger partial charge on any atom is 0.358 e. The molecule has 0 atom stereocenters. The van der Waals surface area contributed by atoms with Gasteiger partial charge in [-0.2, -0.15) is 0 Å². The topological polar surface area (TPSA) is 68.0 Å². The summed E-state index contributed by atoms with van der Waals surface area (Å²) in [6, 6.07) is 13.3. The minimum atomic E-state index is -1.07. The minimum absolute atomic E-state index is 0.0206. The number of nitrogens with zero attached hydrogens (tertiary/aromatic N) is 3. The summed E-state index contributed by atoms with van der Waals surface area (Å²) >= 11 is 1.60. The molecule has 6 heteroatoms. The molecule has 0 aliphatic heterocycles. The van der Waals surface area contributed by atoms with Crippen molar-refractivity contribution in [3.05, 3.63) is 58.4 Å². The van der Waals surface area contributed by atoms with Crippen LogP contribution in [0.1, 0.15) is 15.4 Å². The van der Waals surface area contributed by atoms with E-state index in [9.17, 15) is 9.90 Å². The SMILES string of the molecule is O=C(O)c1nnn(Cc2cccs2)c1-c1ccccc1. The van der Waals surface area contributed by atoms with Gasteiger partial charge in [0.2, 0.25) is 0 Å². The normalized spacial score (nSPS) is 10.6. The summed E-state index contributed by atoms with van der Waals surface area (Å²) < 4.78 is 1.63. The van der Waals surface area contributed by atoms with E-state index < -0.39 is 5.97 Å². The van der Waals surface area contributed by atoms with E-state index in [0.29, 0.717) is 12.2 Å². The van der Waals surface area contributed by atoms with Gasteiger partial charge < -0.3 is 5.11 Å². The second-order valence-electron chi connectivity index (χ2n) is 4.19. The lowest BCUT2D eigenvalue weighted by atomic mass is 10.1. The maximum atomic E-state index is 11.3. The minimum Gasteiger partial charge on any atom is -0.476 e. The number of aromatic nitrogens is 3. The number of aromatic carboxylic acids is 1. The largest absolute Gasteiger partial charge is 0.476 e. The van der Waals surface area contributed by atoms with Crippen molar-refractivity contribution in [1.29, 1.82) is 0 Å². The summed E-state index contributed by atoms with van der Waals surface area (Å²) in [7, 11) is 0. The second-order valence-corrected chi connectivity index (χ2v) is 5.23. The molecule has 2 heterocycles. The Morgan fingerprint density at radius 3 is 2.65 bits per heavy atom. The van der Waals surface area contributed by atoms with Gasteiger partial charge in [-0.25, -0.2) is 9.48 Å². The van der Waals surface area contributed by atoms with E-state index in [0.717, 1.165) is 10.4 Å². The molecule has 0 radical (unpaired) electrons. The van der Waals surface area contributed by atoms with Crippen molar-refractivity contribution in [2.45, 2.75) is 6.54 Å². The van der Waals surface area contributed by atoms with Gasteiger partial charge >= 0.3 is 5.97 Å². The van der Waals surface area contributed by atoms with Crippen molar-refractivity contribution in [2.24, 2.45) is 0 Å². The van der Waals surface area contributed by atoms with E-state index in [-0.39, 0.29) is 5.69 Å². The number of carboxylic acids is 1. The first-order chi connectivity index (χ1) is 9.75. The number of carbonyl (C=O) groups is 1. The molecule has 0 bridgehead atoms. The standard InChI is InChI=1S/C14H11N3O2S/c18-14(19)12-13(10-5-2-1-3-6-10)17(16-15-12)9-11-7-4-8-20-11/h1-8H,9H2,(H,18,19). The summed E-state index contributed by atoms with van der Waals surface area (Å²) in [6.07, 6.45) is 0. The number of rotatable bonds is 4. The molecule has 20 heavy (non-hydrogen) atoms.